The molecular formula is C25H23F2N5O3. The van der Waals surface area contributed by atoms with Gasteiger partial charge in [-0.25, -0.2) is 28.5 Å². The molecule has 4 aromatic rings. The summed E-state index contributed by atoms with van der Waals surface area (Å²) in [6.45, 7) is 2.96. The number of morpholine rings is 1. The van der Waals surface area contributed by atoms with E-state index in [1.165, 1.54) is 31.6 Å². The Bertz CT molecular complexity index is 1370. The van der Waals surface area contributed by atoms with Gasteiger partial charge >= 0.3 is 6.09 Å². The number of halogens is 2. The van der Waals surface area contributed by atoms with Crippen LogP contribution in [0.3, 0.4) is 0 Å². The number of methoxy groups -OCH3 is 1. The summed E-state index contributed by atoms with van der Waals surface area (Å²) in [6, 6.07) is 7.79. The average Bonchev–Trinajstić information content (AvgIpc) is 3.20. The second-order valence-electron chi connectivity index (χ2n) is 8.34. The van der Waals surface area contributed by atoms with E-state index < -0.39 is 23.8 Å². The lowest BCUT2D eigenvalue weighted by Gasteiger charge is -2.32. The molecule has 1 aliphatic rings. The number of fused-ring (bicyclic) bond motifs is 1. The lowest BCUT2D eigenvalue weighted by molar-refractivity contribution is -0.0241. The van der Waals surface area contributed by atoms with Crippen molar-refractivity contribution in [2.45, 2.75) is 19.4 Å². The molecule has 8 nitrogen and oxygen atoms in total. The Morgan fingerprint density at radius 1 is 1.20 bits per heavy atom. The van der Waals surface area contributed by atoms with Crippen molar-refractivity contribution in [3.63, 3.8) is 0 Å². The maximum atomic E-state index is 15.4. The molecule has 0 aliphatic carbocycles. The highest BCUT2D eigenvalue weighted by Crippen LogP contribution is 2.33. The number of aryl methyl sites for hydroxylation is 1. The molecule has 0 saturated carbocycles. The number of rotatable bonds is 4. The second kappa shape index (κ2) is 9.38. The van der Waals surface area contributed by atoms with Crippen molar-refractivity contribution < 1.29 is 23.0 Å². The van der Waals surface area contributed by atoms with Crippen molar-refractivity contribution in [3.05, 3.63) is 71.8 Å². The van der Waals surface area contributed by atoms with Crippen molar-refractivity contribution in [1.82, 2.24) is 24.3 Å². The molecule has 1 fully saturated rings. The van der Waals surface area contributed by atoms with Crippen molar-refractivity contribution >= 4 is 11.7 Å². The maximum absolute atomic E-state index is 15.4. The fourth-order valence-electron chi connectivity index (χ4n) is 4.32. The van der Waals surface area contributed by atoms with Crippen LogP contribution in [-0.2, 0) is 15.9 Å². The van der Waals surface area contributed by atoms with E-state index in [1.807, 2.05) is 25.3 Å². The highest BCUT2D eigenvalue weighted by Gasteiger charge is 2.29. The van der Waals surface area contributed by atoms with E-state index in [0.717, 1.165) is 5.56 Å². The number of hydrogen-bond donors (Lipinski definition) is 0. The largest absolute Gasteiger partial charge is 0.453 e. The van der Waals surface area contributed by atoms with E-state index in [9.17, 15) is 4.79 Å². The summed E-state index contributed by atoms with van der Waals surface area (Å²) < 4.78 is 43.4. The topological polar surface area (TPSA) is 81.8 Å². The molecule has 10 heteroatoms. The Hall–Kier alpha value is -3.92. The molecule has 5 rings (SSSR count). The third-order valence-corrected chi connectivity index (χ3v) is 5.98. The minimum Gasteiger partial charge on any atom is -0.453 e. The number of amides is 1. The van der Waals surface area contributed by atoms with Gasteiger partial charge in [-0.1, -0.05) is 0 Å². The summed E-state index contributed by atoms with van der Waals surface area (Å²) in [5.74, 6) is -1.31. The molecule has 0 spiro atoms. The third-order valence-electron chi connectivity index (χ3n) is 5.98. The molecular weight excluding hydrogens is 456 g/mol. The van der Waals surface area contributed by atoms with Gasteiger partial charge in [0.25, 0.3) is 0 Å². The van der Waals surface area contributed by atoms with Gasteiger partial charge in [-0.2, -0.15) is 0 Å². The van der Waals surface area contributed by atoms with Crippen LogP contribution in [0.25, 0.3) is 28.3 Å². The van der Waals surface area contributed by atoms with E-state index in [4.69, 9.17) is 9.47 Å². The standard InChI is InChI=1S/C25H23F2N5O3/c1-15-4-7-32-20(13-17-14-31(8-9-35-17)25(33)34-2)23(30-21(32)10-15)22-18(26)11-16(12-19(22)27)24-28-5-3-6-29-24/h3-7,10-12,17H,8-9,13-14H2,1-2H3/t17-/m0/s1. The fraction of sp³-hybridized carbons (Fsp3) is 0.280. The Balaban J connectivity index is 1.58. The second-order valence-corrected chi connectivity index (χ2v) is 8.34. The van der Waals surface area contributed by atoms with Gasteiger partial charge in [-0.05, 0) is 42.8 Å². The molecule has 1 aliphatic heterocycles. The molecule has 0 radical (unpaired) electrons. The molecule has 1 amide bonds. The number of hydrogen-bond acceptors (Lipinski definition) is 6. The molecule has 180 valence electrons. The minimum absolute atomic E-state index is 0.185. The van der Waals surface area contributed by atoms with Gasteiger partial charge < -0.3 is 18.8 Å². The Labute approximate surface area is 200 Å². The summed E-state index contributed by atoms with van der Waals surface area (Å²) >= 11 is 0. The first-order chi connectivity index (χ1) is 16.9. The molecule has 4 heterocycles. The first-order valence-corrected chi connectivity index (χ1v) is 11.1. The van der Waals surface area contributed by atoms with Crippen LogP contribution in [0.5, 0.6) is 0 Å². The van der Waals surface area contributed by atoms with Crippen LogP contribution >= 0.6 is 0 Å². The van der Waals surface area contributed by atoms with E-state index in [0.29, 0.717) is 31.0 Å². The van der Waals surface area contributed by atoms with Crippen molar-refractivity contribution in [2.75, 3.05) is 26.8 Å². The zero-order valence-corrected chi connectivity index (χ0v) is 19.2. The number of aromatic nitrogens is 4. The van der Waals surface area contributed by atoms with Crippen LogP contribution in [-0.4, -0.2) is 63.3 Å². The number of nitrogens with zero attached hydrogens (tertiary/aromatic N) is 5. The average molecular weight is 479 g/mol. The van der Waals surface area contributed by atoms with Gasteiger partial charge in [0.05, 0.1) is 43.3 Å². The normalized spacial score (nSPS) is 16.0. The highest BCUT2D eigenvalue weighted by atomic mass is 19.1. The molecule has 1 aromatic carbocycles. The van der Waals surface area contributed by atoms with Gasteiger partial charge in [0.15, 0.2) is 5.82 Å². The Kier molecular flexibility index (Phi) is 6.12. The van der Waals surface area contributed by atoms with E-state index >= 15 is 8.78 Å². The van der Waals surface area contributed by atoms with E-state index in [1.54, 1.807) is 15.4 Å². The van der Waals surface area contributed by atoms with Crippen LogP contribution < -0.4 is 0 Å². The third kappa shape index (κ3) is 4.44. The molecule has 0 unspecified atom stereocenters. The Morgan fingerprint density at radius 3 is 2.66 bits per heavy atom. The molecule has 3 aromatic heterocycles. The predicted octanol–water partition coefficient (Wildman–Crippen LogP) is 4.05. The van der Waals surface area contributed by atoms with E-state index in [-0.39, 0.29) is 29.1 Å². The monoisotopic (exact) mass is 479 g/mol. The summed E-state index contributed by atoms with van der Waals surface area (Å²) in [7, 11) is 1.33. The zero-order valence-electron chi connectivity index (χ0n) is 19.2. The minimum atomic E-state index is -0.769. The molecule has 1 saturated heterocycles. The van der Waals surface area contributed by atoms with Gasteiger partial charge in [-0.15, -0.1) is 0 Å². The number of imidazole rings is 1. The fourth-order valence-corrected chi connectivity index (χ4v) is 4.32. The van der Waals surface area contributed by atoms with Crippen LogP contribution in [0.2, 0.25) is 0 Å². The predicted molar refractivity (Wildman–Crippen MR) is 124 cm³/mol. The van der Waals surface area contributed by atoms with E-state index in [2.05, 4.69) is 15.0 Å². The first-order valence-electron chi connectivity index (χ1n) is 11.1. The lowest BCUT2D eigenvalue weighted by atomic mass is 10.0. The van der Waals surface area contributed by atoms with Crippen molar-refractivity contribution in [3.8, 4) is 22.6 Å². The number of benzene rings is 1. The van der Waals surface area contributed by atoms with Gasteiger partial charge in [-0.3, -0.25) is 0 Å². The number of pyridine rings is 1. The number of carbonyl (C=O) groups excluding carboxylic acids is 1. The maximum Gasteiger partial charge on any atom is 0.409 e. The smallest absolute Gasteiger partial charge is 0.409 e. The quantitative estimate of drug-likeness (QED) is 0.439. The summed E-state index contributed by atoms with van der Waals surface area (Å²) in [5, 5.41) is 0. The Morgan fingerprint density at radius 2 is 1.94 bits per heavy atom. The number of carbonyl (C=O) groups is 1. The van der Waals surface area contributed by atoms with Crippen LogP contribution in [0.4, 0.5) is 13.6 Å². The zero-order chi connectivity index (χ0) is 24.5. The van der Waals surface area contributed by atoms with Crippen LogP contribution in [0.1, 0.15) is 11.3 Å². The molecule has 0 bridgehead atoms. The van der Waals surface area contributed by atoms with Crippen molar-refractivity contribution in [1.29, 1.82) is 0 Å². The molecule has 35 heavy (non-hydrogen) atoms. The summed E-state index contributed by atoms with van der Waals surface area (Å²) in [6.07, 6.45) is 4.29. The lowest BCUT2D eigenvalue weighted by Crippen LogP contribution is -2.46. The number of ether oxygens (including phenoxy) is 2. The van der Waals surface area contributed by atoms with Crippen LogP contribution in [0.15, 0.2) is 48.9 Å². The van der Waals surface area contributed by atoms with Gasteiger partial charge in [0.2, 0.25) is 0 Å². The molecule has 1 atom stereocenters. The van der Waals surface area contributed by atoms with Gasteiger partial charge in [0, 0.05) is 37.1 Å². The first kappa shape index (κ1) is 22.9. The highest BCUT2D eigenvalue weighted by molar-refractivity contribution is 5.71. The summed E-state index contributed by atoms with van der Waals surface area (Å²) in [5.41, 5.74) is 2.29. The SMILES string of the molecule is COC(=O)N1CCO[C@@H](Cc2c(-c3c(F)cc(-c4ncccn4)cc3F)nc3cc(C)ccn23)C1. The molecule has 0 N–H and O–H groups in total. The van der Waals surface area contributed by atoms with Crippen molar-refractivity contribution in [2.24, 2.45) is 0 Å². The summed E-state index contributed by atoms with van der Waals surface area (Å²) in [4.78, 5) is 26.3. The van der Waals surface area contributed by atoms with Gasteiger partial charge in [0.1, 0.15) is 17.3 Å². The van der Waals surface area contributed by atoms with Crippen LogP contribution in [0, 0.1) is 18.6 Å².